The number of imide groups is 1. The molecule has 0 aliphatic rings. The van der Waals surface area contributed by atoms with Gasteiger partial charge >= 0.3 is 12.0 Å². The Morgan fingerprint density at radius 3 is 2.40 bits per heavy atom. The zero-order valence-corrected chi connectivity index (χ0v) is 17.0. The van der Waals surface area contributed by atoms with E-state index >= 15 is 0 Å². The zero-order valence-electron chi connectivity index (χ0n) is 16.1. The maximum absolute atomic E-state index is 14.0. The number of carbonyl (C=O) groups excluding carboxylic acids is 3. The van der Waals surface area contributed by atoms with E-state index in [0.29, 0.717) is 0 Å². The van der Waals surface area contributed by atoms with E-state index < -0.39 is 45.4 Å². The first kappa shape index (κ1) is 23.0. The molecule has 30 heavy (non-hydrogen) atoms. The van der Waals surface area contributed by atoms with Crippen molar-refractivity contribution in [1.82, 2.24) is 15.4 Å². The third kappa shape index (κ3) is 6.09. The van der Waals surface area contributed by atoms with E-state index in [9.17, 15) is 27.2 Å². The fourth-order valence-electron chi connectivity index (χ4n) is 2.26. The Kier molecular flexibility index (Phi) is 7.61. The number of sulfonamides is 1. The summed E-state index contributed by atoms with van der Waals surface area (Å²) in [7, 11) is -2.76. The molecule has 1 unspecified atom stereocenters. The number of esters is 1. The van der Waals surface area contributed by atoms with Gasteiger partial charge in [0.25, 0.3) is 5.91 Å². The number of rotatable bonds is 7. The van der Waals surface area contributed by atoms with Gasteiger partial charge in [0.15, 0.2) is 6.10 Å². The Morgan fingerprint density at radius 1 is 1.10 bits per heavy atom. The normalized spacial score (nSPS) is 12.0. The van der Waals surface area contributed by atoms with Gasteiger partial charge in [-0.2, -0.15) is 0 Å². The van der Waals surface area contributed by atoms with E-state index in [1.54, 1.807) is 24.3 Å². The molecule has 0 aliphatic carbocycles. The van der Waals surface area contributed by atoms with Crippen LogP contribution >= 0.6 is 0 Å². The molecule has 0 aliphatic heterocycles. The van der Waals surface area contributed by atoms with Crippen molar-refractivity contribution in [2.24, 2.45) is 0 Å². The molecule has 9 nitrogen and oxygen atoms in total. The molecule has 2 aromatic carbocycles. The van der Waals surface area contributed by atoms with E-state index in [2.05, 4.69) is 5.32 Å². The van der Waals surface area contributed by atoms with Crippen molar-refractivity contribution in [2.75, 3.05) is 7.05 Å². The first-order valence-corrected chi connectivity index (χ1v) is 10.2. The lowest BCUT2D eigenvalue weighted by molar-refractivity contribution is -0.127. The average molecular weight is 437 g/mol. The van der Waals surface area contributed by atoms with Gasteiger partial charge in [-0.1, -0.05) is 30.3 Å². The SMILES string of the molecule is CNS(=O)(=O)c1ccc(F)c(C(=O)OC(C)C(=O)NC(=O)NCc2ccccc2)c1. The number of amides is 3. The van der Waals surface area contributed by atoms with Crippen LogP contribution in [0.1, 0.15) is 22.8 Å². The highest BCUT2D eigenvalue weighted by molar-refractivity contribution is 7.89. The second-order valence-corrected chi connectivity index (χ2v) is 7.94. The summed E-state index contributed by atoms with van der Waals surface area (Å²) in [5.74, 6) is -3.22. The molecule has 0 saturated carbocycles. The highest BCUT2D eigenvalue weighted by atomic mass is 32.2. The number of hydrogen-bond donors (Lipinski definition) is 3. The van der Waals surface area contributed by atoms with Gasteiger partial charge in [-0.25, -0.2) is 27.1 Å². The lowest BCUT2D eigenvalue weighted by Crippen LogP contribution is -2.44. The molecular weight excluding hydrogens is 417 g/mol. The number of benzene rings is 2. The lowest BCUT2D eigenvalue weighted by Gasteiger charge is -2.14. The van der Waals surface area contributed by atoms with Crippen LogP contribution in [-0.4, -0.2) is 39.5 Å². The molecule has 11 heteroatoms. The number of ether oxygens (including phenoxy) is 1. The van der Waals surface area contributed by atoms with Crippen LogP contribution in [0, 0.1) is 5.82 Å². The third-order valence-corrected chi connectivity index (χ3v) is 5.33. The minimum Gasteiger partial charge on any atom is -0.449 e. The topological polar surface area (TPSA) is 131 Å². The molecule has 3 amide bonds. The first-order chi connectivity index (χ1) is 14.1. The van der Waals surface area contributed by atoms with E-state index in [1.807, 2.05) is 16.1 Å². The Labute approximate surface area is 172 Å². The van der Waals surface area contributed by atoms with E-state index in [4.69, 9.17) is 4.74 Å². The second-order valence-electron chi connectivity index (χ2n) is 6.05. The predicted molar refractivity (Wildman–Crippen MR) is 104 cm³/mol. The van der Waals surface area contributed by atoms with Crippen molar-refractivity contribution in [1.29, 1.82) is 0 Å². The van der Waals surface area contributed by atoms with Crippen molar-refractivity contribution in [3.05, 3.63) is 65.5 Å². The molecule has 160 valence electrons. The molecule has 0 bridgehead atoms. The van der Waals surface area contributed by atoms with Crippen molar-refractivity contribution in [2.45, 2.75) is 24.5 Å². The van der Waals surface area contributed by atoms with Gasteiger partial charge in [0.2, 0.25) is 10.0 Å². The van der Waals surface area contributed by atoms with Gasteiger partial charge in [-0.3, -0.25) is 10.1 Å². The predicted octanol–water partition coefficient (Wildman–Crippen LogP) is 1.31. The summed E-state index contributed by atoms with van der Waals surface area (Å²) in [4.78, 5) is 35.7. The molecule has 1 atom stereocenters. The zero-order chi connectivity index (χ0) is 22.3. The van der Waals surface area contributed by atoms with Crippen LogP contribution in [0.15, 0.2) is 53.4 Å². The minimum absolute atomic E-state index is 0.173. The second kappa shape index (κ2) is 9.94. The molecule has 0 heterocycles. The Bertz CT molecular complexity index is 1040. The summed E-state index contributed by atoms with van der Waals surface area (Å²) in [6, 6.07) is 10.7. The molecule has 0 spiro atoms. The van der Waals surface area contributed by atoms with Gasteiger partial charge in [-0.15, -0.1) is 0 Å². The Morgan fingerprint density at radius 2 is 1.77 bits per heavy atom. The largest absolute Gasteiger partial charge is 0.449 e. The van der Waals surface area contributed by atoms with Crippen molar-refractivity contribution >= 4 is 27.9 Å². The quantitative estimate of drug-likeness (QED) is 0.560. The molecule has 0 saturated heterocycles. The Hall–Kier alpha value is -3.31. The number of hydrogen-bond acceptors (Lipinski definition) is 6. The van der Waals surface area contributed by atoms with E-state index in [1.165, 1.54) is 6.92 Å². The minimum atomic E-state index is -3.92. The van der Waals surface area contributed by atoms with Crippen LogP contribution < -0.4 is 15.4 Å². The third-order valence-electron chi connectivity index (χ3n) is 3.92. The lowest BCUT2D eigenvalue weighted by atomic mass is 10.2. The van der Waals surface area contributed by atoms with Crippen LogP contribution in [0.3, 0.4) is 0 Å². The standard InChI is InChI=1S/C19H20FN3O6S/c1-12(17(24)23-19(26)22-11-13-6-4-3-5-7-13)29-18(25)15-10-14(8-9-16(15)20)30(27,28)21-2/h3-10,12,21H,11H2,1-2H3,(H2,22,23,24,26). The van der Waals surface area contributed by atoms with Crippen molar-refractivity contribution in [3.8, 4) is 0 Å². The average Bonchev–Trinajstić information content (AvgIpc) is 2.73. The van der Waals surface area contributed by atoms with Gasteiger partial charge in [0.1, 0.15) is 5.82 Å². The summed E-state index contributed by atoms with van der Waals surface area (Å²) in [5, 5.41) is 4.46. The summed E-state index contributed by atoms with van der Waals surface area (Å²) in [6.45, 7) is 1.36. The summed E-state index contributed by atoms with van der Waals surface area (Å²) < 4.78 is 44.5. The van der Waals surface area contributed by atoms with Gasteiger partial charge in [0, 0.05) is 6.54 Å². The molecule has 2 aromatic rings. The maximum atomic E-state index is 14.0. The van der Waals surface area contributed by atoms with Gasteiger partial charge in [0.05, 0.1) is 10.5 Å². The fourth-order valence-corrected chi connectivity index (χ4v) is 3.02. The molecule has 0 radical (unpaired) electrons. The highest BCUT2D eigenvalue weighted by Gasteiger charge is 2.24. The molecule has 0 fully saturated rings. The van der Waals surface area contributed by atoms with Crippen LogP contribution in [0.25, 0.3) is 0 Å². The van der Waals surface area contributed by atoms with E-state index in [-0.39, 0.29) is 11.4 Å². The number of halogens is 1. The number of urea groups is 1. The van der Waals surface area contributed by atoms with Crippen molar-refractivity contribution in [3.63, 3.8) is 0 Å². The van der Waals surface area contributed by atoms with Crippen LogP contribution in [0.2, 0.25) is 0 Å². The Balaban J connectivity index is 1.97. The maximum Gasteiger partial charge on any atom is 0.341 e. The van der Waals surface area contributed by atoms with Crippen LogP contribution in [0.4, 0.5) is 9.18 Å². The molecule has 3 N–H and O–H groups in total. The summed E-state index contributed by atoms with van der Waals surface area (Å²) in [5.41, 5.74) is 0.144. The number of carbonyl (C=O) groups is 3. The fraction of sp³-hybridized carbons (Fsp3) is 0.211. The first-order valence-electron chi connectivity index (χ1n) is 8.70. The van der Waals surface area contributed by atoms with Crippen molar-refractivity contribution < 1.29 is 31.9 Å². The van der Waals surface area contributed by atoms with E-state index in [0.717, 1.165) is 30.8 Å². The van der Waals surface area contributed by atoms with Crippen LogP contribution in [0.5, 0.6) is 0 Å². The molecule has 0 aromatic heterocycles. The van der Waals surface area contributed by atoms with Crippen LogP contribution in [-0.2, 0) is 26.1 Å². The smallest absolute Gasteiger partial charge is 0.341 e. The molecular formula is C19H20FN3O6S. The van der Waals surface area contributed by atoms with Gasteiger partial charge in [-0.05, 0) is 37.7 Å². The monoisotopic (exact) mass is 437 g/mol. The summed E-state index contributed by atoms with van der Waals surface area (Å²) in [6.07, 6.45) is -1.44. The molecule has 2 rings (SSSR count). The van der Waals surface area contributed by atoms with Gasteiger partial charge < -0.3 is 10.1 Å². The highest BCUT2D eigenvalue weighted by Crippen LogP contribution is 2.16. The summed E-state index contributed by atoms with van der Waals surface area (Å²) >= 11 is 0. The number of nitrogens with one attached hydrogen (secondary N) is 3.